The first-order valence-corrected chi connectivity index (χ1v) is 9.72. The predicted molar refractivity (Wildman–Crippen MR) is 110 cm³/mol. The van der Waals surface area contributed by atoms with Crippen LogP contribution in [0, 0.1) is 13.8 Å². The van der Waals surface area contributed by atoms with Crippen molar-refractivity contribution in [3.63, 3.8) is 0 Å². The lowest BCUT2D eigenvalue weighted by Crippen LogP contribution is -2.48. The fourth-order valence-electron chi connectivity index (χ4n) is 3.74. The molecule has 1 amide bonds. The molecular weight excluding hydrogens is 336 g/mol. The maximum absolute atomic E-state index is 12.7. The second-order valence-corrected chi connectivity index (χ2v) is 7.53. The summed E-state index contributed by atoms with van der Waals surface area (Å²) in [7, 11) is 1.58. The topological polar surface area (TPSA) is 32.8 Å². The zero-order valence-corrected chi connectivity index (χ0v) is 16.6. The van der Waals surface area contributed by atoms with Gasteiger partial charge in [0.25, 0.3) is 5.91 Å². The number of amides is 1. The molecule has 144 valence electrons. The predicted octanol–water partition coefficient (Wildman–Crippen LogP) is 3.95. The molecule has 4 heteroatoms. The van der Waals surface area contributed by atoms with Crippen LogP contribution < -0.4 is 4.90 Å². The van der Waals surface area contributed by atoms with Gasteiger partial charge in [-0.1, -0.05) is 47.5 Å². The number of piperidine rings is 1. The maximum atomic E-state index is 12.7. The van der Waals surface area contributed by atoms with Crippen LogP contribution in [0.5, 0.6) is 0 Å². The monoisotopic (exact) mass is 366 g/mol. The van der Waals surface area contributed by atoms with Crippen molar-refractivity contribution in [1.82, 2.24) is 4.90 Å². The van der Waals surface area contributed by atoms with Gasteiger partial charge in [-0.05, 0) is 44.4 Å². The Morgan fingerprint density at radius 3 is 2.11 bits per heavy atom. The highest BCUT2D eigenvalue weighted by Gasteiger charge is 2.29. The Morgan fingerprint density at radius 1 is 1.00 bits per heavy atom. The van der Waals surface area contributed by atoms with E-state index in [1.54, 1.807) is 7.11 Å². The highest BCUT2D eigenvalue weighted by Crippen LogP contribution is 2.25. The Kier molecular flexibility index (Phi) is 6.64. The summed E-state index contributed by atoms with van der Waals surface area (Å²) >= 11 is 0. The first-order chi connectivity index (χ1) is 13.1. The van der Waals surface area contributed by atoms with Crippen LogP contribution >= 0.6 is 0 Å². The van der Waals surface area contributed by atoms with Crippen LogP contribution in [-0.2, 0) is 16.1 Å². The van der Waals surface area contributed by atoms with E-state index in [9.17, 15) is 4.79 Å². The average Bonchev–Trinajstić information content (AvgIpc) is 2.67. The number of rotatable bonds is 6. The molecule has 0 saturated carbocycles. The third-order valence-corrected chi connectivity index (χ3v) is 5.30. The number of likely N-dealkylation sites (tertiary alicyclic amines) is 1. The number of benzene rings is 2. The smallest absolute Gasteiger partial charge is 0.253 e. The van der Waals surface area contributed by atoms with Gasteiger partial charge < -0.3 is 9.64 Å². The van der Waals surface area contributed by atoms with Crippen molar-refractivity contribution < 1.29 is 9.53 Å². The van der Waals surface area contributed by atoms with E-state index in [-0.39, 0.29) is 18.6 Å². The normalized spacial score (nSPS) is 15.7. The second-order valence-electron chi connectivity index (χ2n) is 7.53. The first-order valence-electron chi connectivity index (χ1n) is 9.72. The van der Waals surface area contributed by atoms with Crippen LogP contribution in [0.1, 0.15) is 29.5 Å². The maximum Gasteiger partial charge on any atom is 0.253 e. The molecule has 0 radical (unpaired) electrons. The lowest BCUT2D eigenvalue weighted by Gasteiger charge is -2.38. The molecule has 1 heterocycles. The van der Waals surface area contributed by atoms with Gasteiger partial charge in [0.1, 0.15) is 6.61 Å². The van der Waals surface area contributed by atoms with E-state index in [0.717, 1.165) is 38.2 Å². The SMILES string of the molecule is COCC(=O)N(c1ccc(C)cc1)C1CCN(Cc2ccc(C)cc2)CC1. The number of anilines is 1. The molecule has 0 bridgehead atoms. The zero-order valence-electron chi connectivity index (χ0n) is 16.6. The third kappa shape index (κ3) is 5.18. The van der Waals surface area contributed by atoms with Gasteiger partial charge >= 0.3 is 0 Å². The van der Waals surface area contributed by atoms with E-state index >= 15 is 0 Å². The largest absolute Gasteiger partial charge is 0.375 e. The molecule has 0 N–H and O–H groups in total. The number of carbonyl (C=O) groups is 1. The Bertz CT molecular complexity index is 732. The highest BCUT2D eigenvalue weighted by molar-refractivity contribution is 5.94. The van der Waals surface area contributed by atoms with Crippen LogP contribution in [0.25, 0.3) is 0 Å². The minimum Gasteiger partial charge on any atom is -0.375 e. The van der Waals surface area contributed by atoms with Crippen LogP contribution in [-0.4, -0.2) is 43.7 Å². The summed E-state index contributed by atoms with van der Waals surface area (Å²) in [6.07, 6.45) is 1.96. The number of ether oxygens (including phenoxy) is 1. The number of aryl methyl sites for hydroxylation is 2. The molecule has 1 aliphatic rings. The van der Waals surface area contributed by atoms with E-state index in [1.165, 1.54) is 16.7 Å². The lowest BCUT2D eigenvalue weighted by molar-refractivity contribution is -0.122. The minimum absolute atomic E-state index is 0.0401. The third-order valence-electron chi connectivity index (χ3n) is 5.30. The summed E-state index contributed by atoms with van der Waals surface area (Å²) in [4.78, 5) is 17.2. The van der Waals surface area contributed by atoms with Gasteiger partial charge in [-0.2, -0.15) is 0 Å². The molecule has 2 aromatic carbocycles. The molecule has 1 aliphatic heterocycles. The quantitative estimate of drug-likeness (QED) is 0.776. The van der Waals surface area contributed by atoms with Gasteiger partial charge in [0.05, 0.1) is 0 Å². The molecular formula is C23H30N2O2. The molecule has 0 atom stereocenters. The van der Waals surface area contributed by atoms with E-state index < -0.39 is 0 Å². The Balaban J connectivity index is 1.65. The van der Waals surface area contributed by atoms with E-state index in [4.69, 9.17) is 4.74 Å². The highest BCUT2D eigenvalue weighted by atomic mass is 16.5. The average molecular weight is 367 g/mol. The molecule has 0 unspecified atom stereocenters. The second kappa shape index (κ2) is 9.16. The van der Waals surface area contributed by atoms with Gasteiger partial charge in [0, 0.05) is 38.5 Å². The molecule has 27 heavy (non-hydrogen) atoms. The van der Waals surface area contributed by atoms with Crippen molar-refractivity contribution in [3.8, 4) is 0 Å². The number of carbonyl (C=O) groups excluding carboxylic acids is 1. The van der Waals surface area contributed by atoms with E-state index in [0.29, 0.717) is 0 Å². The standard InChI is InChI=1S/C23H30N2O2/c1-18-4-8-20(9-5-18)16-24-14-12-22(13-15-24)25(23(26)17-27-3)21-10-6-19(2)7-11-21/h4-11,22H,12-17H2,1-3H3. The molecule has 0 spiro atoms. The van der Waals surface area contributed by atoms with E-state index in [1.807, 2.05) is 17.0 Å². The van der Waals surface area contributed by atoms with Crippen molar-refractivity contribution in [1.29, 1.82) is 0 Å². The van der Waals surface area contributed by atoms with Gasteiger partial charge in [0.15, 0.2) is 0 Å². The molecule has 3 rings (SSSR count). The summed E-state index contributed by atoms with van der Waals surface area (Å²) < 4.78 is 5.13. The summed E-state index contributed by atoms with van der Waals surface area (Å²) in [5, 5.41) is 0. The Labute approximate surface area is 162 Å². The first kappa shape index (κ1) is 19.6. The van der Waals surface area contributed by atoms with Crippen molar-refractivity contribution in [2.75, 3.05) is 31.7 Å². The Hall–Kier alpha value is -2.17. The molecule has 0 aromatic heterocycles. The fraction of sp³-hybridized carbons (Fsp3) is 0.435. The van der Waals surface area contributed by atoms with Gasteiger partial charge in [0.2, 0.25) is 0 Å². The van der Waals surface area contributed by atoms with Crippen LogP contribution in [0.2, 0.25) is 0 Å². The van der Waals surface area contributed by atoms with Crippen LogP contribution in [0.15, 0.2) is 48.5 Å². The fourth-order valence-corrected chi connectivity index (χ4v) is 3.74. The number of hydrogen-bond acceptors (Lipinski definition) is 3. The number of nitrogens with zero attached hydrogens (tertiary/aromatic N) is 2. The molecule has 1 saturated heterocycles. The summed E-state index contributed by atoms with van der Waals surface area (Å²) in [5.74, 6) is 0.0401. The Morgan fingerprint density at radius 2 is 1.56 bits per heavy atom. The molecule has 4 nitrogen and oxygen atoms in total. The van der Waals surface area contributed by atoms with Crippen molar-refractivity contribution >= 4 is 11.6 Å². The van der Waals surface area contributed by atoms with E-state index in [2.05, 4.69) is 55.1 Å². The lowest BCUT2D eigenvalue weighted by atomic mass is 10.0. The van der Waals surface area contributed by atoms with Gasteiger partial charge in [-0.15, -0.1) is 0 Å². The number of methoxy groups -OCH3 is 1. The van der Waals surface area contributed by atoms with Gasteiger partial charge in [-0.3, -0.25) is 9.69 Å². The van der Waals surface area contributed by atoms with Crippen LogP contribution in [0.3, 0.4) is 0 Å². The minimum atomic E-state index is 0.0401. The van der Waals surface area contributed by atoms with Crippen molar-refractivity contribution in [2.24, 2.45) is 0 Å². The van der Waals surface area contributed by atoms with Gasteiger partial charge in [-0.25, -0.2) is 0 Å². The van der Waals surface area contributed by atoms with Crippen LogP contribution in [0.4, 0.5) is 5.69 Å². The summed E-state index contributed by atoms with van der Waals surface area (Å²) in [6, 6.07) is 17.2. The number of hydrogen-bond donors (Lipinski definition) is 0. The molecule has 1 fully saturated rings. The zero-order chi connectivity index (χ0) is 19.2. The van der Waals surface area contributed by atoms with Crippen molar-refractivity contribution in [2.45, 2.75) is 39.3 Å². The molecule has 0 aliphatic carbocycles. The summed E-state index contributed by atoms with van der Waals surface area (Å²) in [5.41, 5.74) is 4.82. The molecule has 2 aromatic rings. The summed E-state index contributed by atoms with van der Waals surface area (Å²) in [6.45, 7) is 7.28. The van der Waals surface area contributed by atoms with Crippen molar-refractivity contribution in [3.05, 3.63) is 65.2 Å².